The molecule has 0 unspecified atom stereocenters. The lowest BCUT2D eigenvalue weighted by Gasteiger charge is -2.13. The van der Waals surface area contributed by atoms with Crippen molar-refractivity contribution in [3.8, 4) is 5.75 Å². The third-order valence-electron chi connectivity index (χ3n) is 2.10. The van der Waals surface area contributed by atoms with Crippen LogP contribution in [0.5, 0.6) is 5.75 Å². The molecule has 7 nitrogen and oxygen atoms in total. The average molecular weight is 255 g/mol. The van der Waals surface area contributed by atoms with Crippen LogP contribution in [0.3, 0.4) is 0 Å². The number of carbonyl (C=O) groups is 2. The van der Waals surface area contributed by atoms with Crippen molar-refractivity contribution in [1.82, 2.24) is 5.48 Å². The minimum Gasteiger partial charge on any atom is -0.508 e. The van der Waals surface area contributed by atoms with Crippen molar-refractivity contribution in [2.45, 2.75) is 12.5 Å². The summed E-state index contributed by atoms with van der Waals surface area (Å²) >= 11 is 0. The van der Waals surface area contributed by atoms with E-state index in [1.165, 1.54) is 12.1 Å². The number of benzene rings is 1. The molecule has 0 spiro atoms. The zero-order valence-electron chi connectivity index (χ0n) is 9.62. The van der Waals surface area contributed by atoms with Crippen LogP contribution in [0.25, 0.3) is 0 Å². The van der Waals surface area contributed by atoms with Crippen molar-refractivity contribution in [1.29, 1.82) is 0 Å². The van der Waals surface area contributed by atoms with Gasteiger partial charge in [0.1, 0.15) is 5.75 Å². The summed E-state index contributed by atoms with van der Waals surface area (Å²) in [6.45, 7) is 0. The SMILES string of the molecule is COC(=O)NO[C@H](Cc1ccc(O)cc1)C(=O)O. The molecule has 18 heavy (non-hydrogen) atoms. The molecule has 0 bridgehead atoms. The maximum absolute atomic E-state index is 10.9. The summed E-state index contributed by atoms with van der Waals surface area (Å²) in [5.41, 5.74) is 2.50. The first-order chi connectivity index (χ1) is 8.52. The first kappa shape index (κ1) is 13.8. The number of hydrogen-bond donors (Lipinski definition) is 3. The number of methoxy groups -OCH3 is 1. The van der Waals surface area contributed by atoms with Crippen molar-refractivity contribution in [2.24, 2.45) is 0 Å². The van der Waals surface area contributed by atoms with Crippen molar-refractivity contribution in [2.75, 3.05) is 7.11 Å². The normalized spacial score (nSPS) is 11.6. The third-order valence-corrected chi connectivity index (χ3v) is 2.10. The Hall–Kier alpha value is -2.28. The fourth-order valence-electron chi connectivity index (χ4n) is 1.19. The first-order valence-electron chi connectivity index (χ1n) is 5.03. The number of phenols is 1. The number of carboxylic acid groups (broad SMARTS) is 1. The maximum Gasteiger partial charge on any atom is 0.431 e. The number of carbonyl (C=O) groups excluding carboxylic acids is 1. The molecule has 0 heterocycles. The summed E-state index contributed by atoms with van der Waals surface area (Å²) in [5, 5.41) is 18.0. The smallest absolute Gasteiger partial charge is 0.431 e. The Labute approximate surface area is 103 Å². The van der Waals surface area contributed by atoms with Gasteiger partial charge in [0.2, 0.25) is 0 Å². The van der Waals surface area contributed by atoms with Crippen molar-refractivity contribution in [3.05, 3.63) is 29.8 Å². The van der Waals surface area contributed by atoms with Crippen molar-refractivity contribution < 1.29 is 29.4 Å². The molecule has 7 heteroatoms. The molecule has 0 aliphatic heterocycles. The van der Waals surface area contributed by atoms with Gasteiger partial charge in [-0.05, 0) is 17.7 Å². The summed E-state index contributed by atoms with van der Waals surface area (Å²) in [4.78, 5) is 26.4. The molecular weight excluding hydrogens is 242 g/mol. The highest BCUT2D eigenvalue weighted by molar-refractivity contribution is 5.73. The summed E-state index contributed by atoms with van der Waals surface area (Å²) in [5.74, 6) is -1.14. The Balaban J connectivity index is 2.60. The van der Waals surface area contributed by atoms with Crippen LogP contribution < -0.4 is 5.48 Å². The summed E-state index contributed by atoms with van der Waals surface area (Å²) in [6, 6.07) is 5.99. The molecule has 1 aromatic carbocycles. The molecular formula is C11H13NO6. The van der Waals surface area contributed by atoms with Crippen LogP contribution in [0.15, 0.2) is 24.3 Å². The highest BCUT2D eigenvalue weighted by Gasteiger charge is 2.20. The Morgan fingerprint density at radius 1 is 1.33 bits per heavy atom. The number of aliphatic carboxylic acids is 1. The van der Waals surface area contributed by atoms with Crippen molar-refractivity contribution in [3.63, 3.8) is 0 Å². The molecule has 1 aromatic rings. The van der Waals surface area contributed by atoms with E-state index in [2.05, 4.69) is 4.74 Å². The molecule has 1 atom stereocenters. The van der Waals surface area contributed by atoms with Gasteiger partial charge in [-0.1, -0.05) is 12.1 Å². The summed E-state index contributed by atoms with van der Waals surface area (Å²) in [6.07, 6.45) is -2.08. The van der Waals surface area contributed by atoms with E-state index in [0.29, 0.717) is 5.56 Å². The van der Waals surface area contributed by atoms with E-state index in [9.17, 15) is 9.59 Å². The van der Waals surface area contributed by atoms with Gasteiger partial charge < -0.3 is 14.9 Å². The van der Waals surface area contributed by atoms with Crippen LogP contribution in [0, 0.1) is 0 Å². The molecule has 3 N–H and O–H groups in total. The third kappa shape index (κ3) is 4.30. The lowest BCUT2D eigenvalue weighted by atomic mass is 10.1. The molecule has 0 fully saturated rings. The minimum atomic E-state index is -1.24. The van der Waals surface area contributed by atoms with Gasteiger partial charge in [0.15, 0.2) is 6.10 Å². The van der Waals surface area contributed by atoms with Crippen LogP contribution in [0.1, 0.15) is 5.56 Å². The number of carboxylic acids is 1. The molecule has 0 aliphatic rings. The maximum atomic E-state index is 10.9. The Morgan fingerprint density at radius 2 is 1.94 bits per heavy atom. The predicted molar refractivity (Wildman–Crippen MR) is 59.9 cm³/mol. The zero-order chi connectivity index (χ0) is 13.5. The monoisotopic (exact) mass is 255 g/mol. The number of phenolic OH excluding ortho intramolecular Hbond substituents is 1. The standard InChI is InChI=1S/C11H13NO6/c1-17-11(16)12-18-9(10(14)15)6-7-2-4-8(13)5-3-7/h2-5,9,13H,6H2,1H3,(H,12,16)(H,14,15)/t9-/m1/s1. The van der Waals surface area contributed by atoms with Crippen LogP contribution in [-0.4, -0.2) is 35.5 Å². The lowest BCUT2D eigenvalue weighted by molar-refractivity contribution is -0.154. The summed E-state index contributed by atoms with van der Waals surface area (Å²) in [7, 11) is 1.13. The fourth-order valence-corrected chi connectivity index (χ4v) is 1.19. The Bertz CT molecular complexity index is 416. The molecule has 0 saturated carbocycles. The van der Waals surface area contributed by atoms with Crippen LogP contribution in [0.4, 0.5) is 4.79 Å². The Morgan fingerprint density at radius 3 is 2.44 bits per heavy atom. The van der Waals surface area contributed by atoms with Gasteiger partial charge in [-0.25, -0.2) is 9.59 Å². The van der Waals surface area contributed by atoms with Gasteiger partial charge in [0.25, 0.3) is 0 Å². The van der Waals surface area contributed by atoms with Crippen LogP contribution in [-0.2, 0) is 20.8 Å². The fraction of sp³-hybridized carbons (Fsp3) is 0.273. The molecule has 0 saturated heterocycles. The number of amides is 1. The Kier molecular flexibility index (Phi) is 4.94. The van der Waals surface area contributed by atoms with E-state index < -0.39 is 18.2 Å². The highest BCUT2D eigenvalue weighted by atomic mass is 16.7. The van der Waals surface area contributed by atoms with Gasteiger partial charge in [0.05, 0.1) is 7.11 Å². The second-order valence-electron chi connectivity index (χ2n) is 3.41. The predicted octanol–water partition coefficient (Wildman–Crippen LogP) is 0.675. The minimum absolute atomic E-state index is 0.0413. The average Bonchev–Trinajstić information content (AvgIpc) is 2.35. The topological polar surface area (TPSA) is 105 Å². The number of aromatic hydroxyl groups is 1. The van der Waals surface area contributed by atoms with Crippen molar-refractivity contribution >= 4 is 12.1 Å². The van der Waals surface area contributed by atoms with Gasteiger partial charge in [-0.15, -0.1) is 0 Å². The number of rotatable bonds is 5. The molecule has 98 valence electrons. The van der Waals surface area contributed by atoms with E-state index in [1.807, 2.05) is 5.48 Å². The quantitative estimate of drug-likeness (QED) is 0.668. The number of hydroxylamine groups is 1. The molecule has 0 aromatic heterocycles. The van der Waals surface area contributed by atoms with Gasteiger partial charge in [0, 0.05) is 6.42 Å². The van der Waals surface area contributed by atoms with Crippen LogP contribution >= 0.6 is 0 Å². The zero-order valence-corrected chi connectivity index (χ0v) is 9.62. The van der Waals surface area contributed by atoms with E-state index in [-0.39, 0.29) is 12.2 Å². The largest absolute Gasteiger partial charge is 0.508 e. The van der Waals surface area contributed by atoms with Gasteiger partial charge in [-0.2, -0.15) is 5.48 Å². The lowest BCUT2D eigenvalue weighted by Crippen LogP contribution is -2.35. The molecule has 0 aliphatic carbocycles. The number of ether oxygens (including phenoxy) is 1. The van der Waals surface area contributed by atoms with Gasteiger partial charge >= 0.3 is 12.1 Å². The molecule has 1 amide bonds. The van der Waals surface area contributed by atoms with E-state index in [4.69, 9.17) is 15.1 Å². The summed E-state index contributed by atoms with van der Waals surface area (Å²) < 4.78 is 4.25. The van der Waals surface area contributed by atoms with E-state index in [0.717, 1.165) is 7.11 Å². The first-order valence-corrected chi connectivity index (χ1v) is 5.03. The van der Waals surface area contributed by atoms with Gasteiger partial charge in [-0.3, -0.25) is 4.84 Å². The molecule has 1 rings (SSSR count). The highest BCUT2D eigenvalue weighted by Crippen LogP contribution is 2.12. The molecule has 0 radical (unpaired) electrons. The second kappa shape index (κ2) is 6.45. The van der Waals surface area contributed by atoms with E-state index in [1.54, 1.807) is 12.1 Å². The second-order valence-corrected chi connectivity index (χ2v) is 3.41. The number of nitrogens with one attached hydrogen (secondary N) is 1. The van der Waals surface area contributed by atoms with Crippen LogP contribution in [0.2, 0.25) is 0 Å². The van der Waals surface area contributed by atoms with E-state index >= 15 is 0 Å². The number of hydrogen-bond acceptors (Lipinski definition) is 5.